The summed E-state index contributed by atoms with van der Waals surface area (Å²) in [5.41, 5.74) is 3.23. The number of aromatic nitrogens is 2. The van der Waals surface area contributed by atoms with Crippen molar-refractivity contribution < 1.29 is 24.5 Å². The highest BCUT2D eigenvalue weighted by molar-refractivity contribution is 5.89. The van der Waals surface area contributed by atoms with Crippen molar-refractivity contribution in [3.05, 3.63) is 48.0 Å². The summed E-state index contributed by atoms with van der Waals surface area (Å²) in [5, 5.41) is 22.9. The number of aromatic amines is 1. The summed E-state index contributed by atoms with van der Waals surface area (Å²) in [5.74, 6) is -1.81. The van der Waals surface area contributed by atoms with Crippen LogP contribution in [0, 0.1) is 6.92 Å². The lowest BCUT2D eigenvalue weighted by molar-refractivity contribution is -0.134. The van der Waals surface area contributed by atoms with Crippen LogP contribution in [0.5, 0.6) is 5.88 Å². The molecule has 0 bridgehead atoms. The third-order valence-corrected chi connectivity index (χ3v) is 3.38. The van der Waals surface area contributed by atoms with Crippen LogP contribution in [-0.4, -0.2) is 64.5 Å². The van der Waals surface area contributed by atoms with Gasteiger partial charge in [-0.15, -0.1) is 5.10 Å². The molecule has 27 heavy (non-hydrogen) atoms. The zero-order chi connectivity index (χ0) is 20.2. The van der Waals surface area contributed by atoms with Crippen LogP contribution in [0.15, 0.2) is 42.5 Å². The minimum absolute atomic E-state index is 0.558. The first-order chi connectivity index (χ1) is 12.8. The summed E-state index contributed by atoms with van der Waals surface area (Å²) < 4.78 is 5.72. The number of ether oxygens (including phenoxy) is 1. The lowest BCUT2D eigenvalue weighted by Crippen LogP contribution is -2.15. The Bertz CT molecular complexity index is 738. The van der Waals surface area contributed by atoms with Crippen molar-refractivity contribution in [3.63, 3.8) is 0 Å². The Morgan fingerprint density at radius 2 is 1.74 bits per heavy atom. The van der Waals surface area contributed by atoms with E-state index in [0.717, 1.165) is 29.8 Å². The summed E-state index contributed by atoms with van der Waals surface area (Å²) in [6.45, 7) is 3.75. The molecule has 0 aliphatic rings. The summed E-state index contributed by atoms with van der Waals surface area (Å²) in [6.07, 6.45) is 2.12. The SMILES string of the molecule is Cc1c(OCCCN(C)C)n[nH]c1-c1ccccc1.O=C(O)/C=C\C(=O)O. The van der Waals surface area contributed by atoms with Crippen molar-refractivity contribution in [2.45, 2.75) is 13.3 Å². The first-order valence-corrected chi connectivity index (χ1v) is 8.33. The Labute approximate surface area is 158 Å². The molecule has 0 aliphatic carbocycles. The van der Waals surface area contributed by atoms with Gasteiger partial charge in [0.15, 0.2) is 0 Å². The van der Waals surface area contributed by atoms with E-state index in [1.165, 1.54) is 0 Å². The van der Waals surface area contributed by atoms with Gasteiger partial charge in [-0.2, -0.15) is 0 Å². The molecule has 2 rings (SSSR count). The molecule has 0 unspecified atom stereocenters. The standard InChI is InChI=1S/C15H21N3O.C4H4O4/c1-12-14(13-8-5-4-6-9-13)16-17-15(12)19-11-7-10-18(2)3;5-3(6)1-2-4(7)8/h4-6,8-9H,7,10-11H2,1-3H3,(H,16,17);1-2H,(H,5,6)(H,7,8)/b;2-1-. The van der Waals surface area contributed by atoms with E-state index < -0.39 is 11.9 Å². The van der Waals surface area contributed by atoms with Crippen LogP contribution in [0.1, 0.15) is 12.0 Å². The number of rotatable bonds is 8. The predicted molar refractivity (Wildman–Crippen MR) is 102 cm³/mol. The van der Waals surface area contributed by atoms with Crippen molar-refractivity contribution >= 4 is 11.9 Å². The molecule has 2 aromatic rings. The lowest BCUT2D eigenvalue weighted by atomic mass is 10.1. The molecular formula is C19H25N3O5. The minimum atomic E-state index is -1.26. The molecule has 146 valence electrons. The Hall–Kier alpha value is -3.13. The van der Waals surface area contributed by atoms with Gasteiger partial charge in [0.2, 0.25) is 5.88 Å². The van der Waals surface area contributed by atoms with E-state index in [1.54, 1.807) is 0 Å². The van der Waals surface area contributed by atoms with E-state index in [-0.39, 0.29) is 0 Å². The topological polar surface area (TPSA) is 116 Å². The molecule has 1 aromatic carbocycles. The van der Waals surface area contributed by atoms with Gasteiger partial charge in [-0.25, -0.2) is 9.59 Å². The molecule has 0 saturated heterocycles. The van der Waals surface area contributed by atoms with Crippen LogP contribution < -0.4 is 4.74 Å². The van der Waals surface area contributed by atoms with Gasteiger partial charge in [-0.1, -0.05) is 30.3 Å². The van der Waals surface area contributed by atoms with E-state index in [1.807, 2.05) is 25.1 Å². The number of H-pyrrole nitrogens is 1. The first-order valence-electron chi connectivity index (χ1n) is 8.33. The fourth-order valence-corrected chi connectivity index (χ4v) is 2.10. The van der Waals surface area contributed by atoms with Crippen molar-refractivity contribution in [2.75, 3.05) is 27.2 Å². The Kier molecular flexibility index (Phi) is 9.32. The first kappa shape index (κ1) is 21.9. The number of carboxylic acids is 2. The van der Waals surface area contributed by atoms with Crippen molar-refractivity contribution in [2.24, 2.45) is 0 Å². The number of benzene rings is 1. The Morgan fingerprint density at radius 3 is 2.26 bits per heavy atom. The summed E-state index contributed by atoms with van der Waals surface area (Å²) in [6, 6.07) is 10.2. The monoisotopic (exact) mass is 375 g/mol. The van der Waals surface area contributed by atoms with Crippen molar-refractivity contribution in [1.82, 2.24) is 15.1 Å². The highest BCUT2D eigenvalue weighted by Crippen LogP contribution is 2.26. The summed E-state index contributed by atoms with van der Waals surface area (Å²) >= 11 is 0. The number of hydrogen-bond acceptors (Lipinski definition) is 5. The van der Waals surface area contributed by atoms with Crippen LogP contribution in [-0.2, 0) is 9.59 Å². The summed E-state index contributed by atoms with van der Waals surface area (Å²) in [7, 11) is 4.13. The number of nitrogens with zero attached hydrogens (tertiary/aromatic N) is 2. The number of hydrogen-bond donors (Lipinski definition) is 3. The molecule has 0 spiro atoms. The van der Waals surface area contributed by atoms with Crippen LogP contribution >= 0.6 is 0 Å². The highest BCUT2D eigenvalue weighted by Gasteiger charge is 2.11. The normalized spacial score (nSPS) is 10.5. The van der Waals surface area contributed by atoms with Gasteiger partial charge in [0.25, 0.3) is 0 Å². The van der Waals surface area contributed by atoms with E-state index >= 15 is 0 Å². The molecular weight excluding hydrogens is 350 g/mol. The van der Waals surface area contributed by atoms with E-state index in [4.69, 9.17) is 14.9 Å². The molecule has 1 aromatic heterocycles. The van der Waals surface area contributed by atoms with Crippen LogP contribution in [0.4, 0.5) is 0 Å². The molecule has 0 saturated carbocycles. The third kappa shape index (κ3) is 8.68. The van der Waals surface area contributed by atoms with Crippen molar-refractivity contribution in [1.29, 1.82) is 0 Å². The van der Waals surface area contributed by atoms with E-state index in [0.29, 0.717) is 24.6 Å². The number of nitrogens with one attached hydrogen (secondary N) is 1. The zero-order valence-electron chi connectivity index (χ0n) is 15.7. The predicted octanol–water partition coefficient (Wildman–Crippen LogP) is 2.43. The van der Waals surface area contributed by atoms with Crippen LogP contribution in [0.25, 0.3) is 11.3 Å². The fourth-order valence-electron chi connectivity index (χ4n) is 2.10. The molecule has 1 heterocycles. The average Bonchev–Trinajstić information content (AvgIpc) is 2.99. The van der Waals surface area contributed by atoms with Crippen molar-refractivity contribution in [3.8, 4) is 17.1 Å². The molecule has 8 nitrogen and oxygen atoms in total. The second-order valence-corrected chi connectivity index (χ2v) is 5.91. The largest absolute Gasteiger partial charge is 0.478 e. The highest BCUT2D eigenvalue weighted by atomic mass is 16.5. The third-order valence-electron chi connectivity index (χ3n) is 3.38. The summed E-state index contributed by atoms with van der Waals surface area (Å²) in [4.78, 5) is 21.3. The van der Waals surface area contributed by atoms with Gasteiger partial charge >= 0.3 is 11.9 Å². The zero-order valence-corrected chi connectivity index (χ0v) is 15.7. The molecule has 0 aliphatic heterocycles. The maximum absolute atomic E-state index is 9.55. The van der Waals surface area contributed by atoms with Gasteiger partial charge in [-0.3, -0.25) is 5.10 Å². The van der Waals surface area contributed by atoms with Gasteiger partial charge in [0, 0.05) is 24.3 Å². The molecule has 0 fully saturated rings. The minimum Gasteiger partial charge on any atom is -0.478 e. The maximum Gasteiger partial charge on any atom is 0.328 e. The smallest absolute Gasteiger partial charge is 0.328 e. The molecule has 3 N–H and O–H groups in total. The number of aliphatic carboxylic acids is 2. The fraction of sp³-hybridized carbons (Fsp3) is 0.316. The lowest BCUT2D eigenvalue weighted by Gasteiger charge is -2.09. The average molecular weight is 375 g/mol. The van der Waals surface area contributed by atoms with Gasteiger partial charge in [0.05, 0.1) is 12.3 Å². The molecule has 0 radical (unpaired) electrons. The second kappa shape index (κ2) is 11.5. The molecule has 8 heteroatoms. The maximum atomic E-state index is 9.55. The van der Waals surface area contributed by atoms with Gasteiger partial charge < -0.3 is 19.8 Å². The number of carboxylic acid groups (broad SMARTS) is 2. The van der Waals surface area contributed by atoms with Gasteiger partial charge in [-0.05, 0) is 33.0 Å². The van der Waals surface area contributed by atoms with E-state index in [2.05, 4.69) is 41.3 Å². The Balaban J connectivity index is 0.000000387. The van der Waals surface area contributed by atoms with Gasteiger partial charge in [0.1, 0.15) is 0 Å². The van der Waals surface area contributed by atoms with E-state index in [9.17, 15) is 9.59 Å². The second-order valence-electron chi connectivity index (χ2n) is 5.91. The Morgan fingerprint density at radius 1 is 1.15 bits per heavy atom. The van der Waals surface area contributed by atoms with Crippen LogP contribution in [0.3, 0.4) is 0 Å². The quantitative estimate of drug-likeness (QED) is 0.479. The number of carbonyl (C=O) groups is 2. The van der Waals surface area contributed by atoms with Crippen LogP contribution in [0.2, 0.25) is 0 Å². The molecule has 0 atom stereocenters. The molecule has 0 amide bonds.